The zero-order chi connectivity index (χ0) is 15.2. The number of ether oxygens (including phenoxy) is 1. The molecule has 2 heterocycles. The lowest BCUT2D eigenvalue weighted by Gasteiger charge is -2.27. The number of fused-ring (bicyclic) bond motifs is 3. The van der Waals surface area contributed by atoms with E-state index in [-0.39, 0.29) is 6.04 Å². The van der Waals surface area contributed by atoms with Crippen LogP contribution in [0.1, 0.15) is 17.2 Å². The molecule has 23 heavy (non-hydrogen) atoms. The van der Waals surface area contributed by atoms with Crippen molar-refractivity contribution in [2.24, 2.45) is 0 Å². The van der Waals surface area contributed by atoms with Gasteiger partial charge in [-0.05, 0) is 24.3 Å². The molecule has 0 radical (unpaired) electrons. The number of rotatable bonds is 1. The molecule has 0 unspecified atom stereocenters. The molecule has 0 amide bonds. The lowest BCUT2D eigenvalue weighted by atomic mass is 9.95. The topological polar surface area (TPSA) is 39.9 Å². The highest BCUT2D eigenvalue weighted by atomic mass is 16.5. The SMILES string of the molecule is c1ccc2c(c1)Oc1ccccc1C2n1nc2ccccc2n1. The molecule has 4 nitrogen and oxygen atoms in total. The molecular weight excluding hydrogens is 286 g/mol. The van der Waals surface area contributed by atoms with Crippen LogP contribution in [0.5, 0.6) is 11.5 Å². The quantitative estimate of drug-likeness (QED) is 0.466. The first kappa shape index (κ1) is 12.4. The third kappa shape index (κ3) is 1.85. The molecule has 0 fully saturated rings. The van der Waals surface area contributed by atoms with E-state index in [0.29, 0.717) is 0 Å². The fraction of sp³-hybridized carbons (Fsp3) is 0.0526. The second-order valence-corrected chi connectivity index (χ2v) is 5.59. The monoisotopic (exact) mass is 299 g/mol. The first-order valence-electron chi connectivity index (χ1n) is 7.57. The predicted molar refractivity (Wildman–Crippen MR) is 87.7 cm³/mol. The summed E-state index contributed by atoms with van der Waals surface area (Å²) in [6, 6.07) is 24.0. The molecule has 0 saturated heterocycles. The van der Waals surface area contributed by atoms with E-state index in [1.807, 2.05) is 60.7 Å². The van der Waals surface area contributed by atoms with Crippen molar-refractivity contribution >= 4 is 11.0 Å². The van der Waals surface area contributed by atoms with Gasteiger partial charge in [0.05, 0.1) is 0 Å². The summed E-state index contributed by atoms with van der Waals surface area (Å²) >= 11 is 0. The molecular formula is C19H13N3O. The maximum Gasteiger partial charge on any atom is 0.133 e. The molecule has 110 valence electrons. The average Bonchev–Trinajstić information content (AvgIpc) is 3.03. The minimum Gasteiger partial charge on any atom is -0.457 e. The van der Waals surface area contributed by atoms with Crippen LogP contribution in [-0.2, 0) is 0 Å². The van der Waals surface area contributed by atoms with Gasteiger partial charge in [0.1, 0.15) is 28.6 Å². The van der Waals surface area contributed by atoms with E-state index in [2.05, 4.69) is 22.3 Å². The summed E-state index contributed by atoms with van der Waals surface area (Å²) < 4.78 is 6.03. The summed E-state index contributed by atoms with van der Waals surface area (Å²) in [7, 11) is 0. The van der Waals surface area contributed by atoms with Crippen LogP contribution in [0.15, 0.2) is 72.8 Å². The first-order chi connectivity index (χ1) is 11.4. The molecule has 0 aliphatic carbocycles. The Morgan fingerprint density at radius 3 is 1.70 bits per heavy atom. The second-order valence-electron chi connectivity index (χ2n) is 5.59. The average molecular weight is 299 g/mol. The smallest absolute Gasteiger partial charge is 0.133 e. The van der Waals surface area contributed by atoms with E-state index in [0.717, 1.165) is 33.7 Å². The van der Waals surface area contributed by atoms with Gasteiger partial charge in [-0.3, -0.25) is 0 Å². The highest BCUT2D eigenvalue weighted by molar-refractivity contribution is 5.73. The van der Waals surface area contributed by atoms with Crippen molar-refractivity contribution in [3.8, 4) is 11.5 Å². The predicted octanol–water partition coefficient (Wildman–Crippen LogP) is 4.17. The van der Waals surface area contributed by atoms with Gasteiger partial charge in [-0.15, -0.1) is 0 Å². The number of hydrogen-bond donors (Lipinski definition) is 0. The van der Waals surface area contributed by atoms with E-state index < -0.39 is 0 Å². The lowest BCUT2D eigenvalue weighted by molar-refractivity contribution is 0.411. The number of hydrogen-bond acceptors (Lipinski definition) is 3. The van der Waals surface area contributed by atoms with Gasteiger partial charge < -0.3 is 4.74 Å². The van der Waals surface area contributed by atoms with Crippen LogP contribution in [0.4, 0.5) is 0 Å². The van der Waals surface area contributed by atoms with E-state index in [1.54, 1.807) is 4.80 Å². The van der Waals surface area contributed by atoms with Gasteiger partial charge in [0.25, 0.3) is 0 Å². The molecule has 0 spiro atoms. The number of benzene rings is 3. The lowest BCUT2D eigenvalue weighted by Crippen LogP contribution is -2.19. The summed E-state index contributed by atoms with van der Waals surface area (Å²) in [5.74, 6) is 1.72. The molecule has 3 aromatic carbocycles. The van der Waals surface area contributed by atoms with Gasteiger partial charge in [0.15, 0.2) is 0 Å². The van der Waals surface area contributed by atoms with E-state index in [1.165, 1.54) is 0 Å². The Bertz CT molecular complexity index is 943. The molecule has 5 rings (SSSR count). The van der Waals surface area contributed by atoms with Crippen LogP contribution in [0.2, 0.25) is 0 Å². The Kier molecular flexibility index (Phi) is 2.52. The normalized spacial score (nSPS) is 13.4. The van der Waals surface area contributed by atoms with Crippen LogP contribution in [-0.4, -0.2) is 15.0 Å². The molecule has 0 N–H and O–H groups in total. The Balaban J connectivity index is 1.78. The van der Waals surface area contributed by atoms with Crippen molar-refractivity contribution in [2.45, 2.75) is 6.04 Å². The fourth-order valence-electron chi connectivity index (χ4n) is 3.13. The largest absolute Gasteiger partial charge is 0.457 e. The van der Waals surface area contributed by atoms with Crippen molar-refractivity contribution in [1.29, 1.82) is 0 Å². The van der Waals surface area contributed by atoms with E-state index in [4.69, 9.17) is 4.74 Å². The van der Waals surface area contributed by atoms with Crippen LogP contribution >= 0.6 is 0 Å². The van der Waals surface area contributed by atoms with Gasteiger partial charge >= 0.3 is 0 Å². The molecule has 0 saturated carbocycles. The molecule has 4 heteroatoms. The van der Waals surface area contributed by atoms with Crippen molar-refractivity contribution < 1.29 is 4.74 Å². The van der Waals surface area contributed by atoms with Crippen LogP contribution < -0.4 is 4.74 Å². The van der Waals surface area contributed by atoms with Crippen LogP contribution in [0.3, 0.4) is 0 Å². The zero-order valence-corrected chi connectivity index (χ0v) is 12.3. The maximum absolute atomic E-state index is 6.03. The van der Waals surface area contributed by atoms with Gasteiger partial charge in [0.2, 0.25) is 0 Å². The van der Waals surface area contributed by atoms with E-state index >= 15 is 0 Å². The minimum absolute atomic E-state index is 0.0800. The van der Waals surface area contributed by atoms with Gasteiger partial charge in [-0.1, -0.05) is 48.5 Å². The number of nitrogens with zero attached hydrogens (tertiary/aromatic N) is 3. The molecule has 0 bridgehead atoms. The number of aromatic nitrogens is 3. The Morgan fingerprint density at radius 2 is 1.13 bits per heavy atom. The number of para-hydroxylation sites is 2. The minimum atomic E-state index is -0.0800. The second kappa shape index (κ2) is 4.68. The summed E-state index contributed by atoms with van der Waals surface area (Å²) in [6.07, 6.45) is 0. The summed E-state index contributed by atoms with van der Waals surface area (Å²) in [5.41, 5.74) is 3.95. The van der Waals surface area contributed by atoms with Gasteiger partial charge in [-0.2, -0.15) is 15.0 Å². The summed E-state index contributed by atoms with van der Waals surface area (Å²) in [4.78, 5) is 1.80. The van der Waals surface area contributed by atoms with Crippen molar-refractivity contribution in [3.63, 3.8) is 0 Å². The Labute approximate surface area is 132 Å². The van der Waals surface area contributed by atoms with Crippen molar-refractivity contribution in [1.82, 2.24) is 15.0 Å². The fourth-order valence-corrected chi connectivity index (χ4v) is 3.13. The Morgan fingerprint density at radius 1 is 0.652 bits per heavy atom. The molecule has 4 aromatic rings. The highest BCUT2D eigenvalue weighted by Crippen LogP contribution is 2.44. The maximum atomic E-state index is 6.03. The van der Waals surface area contributed by atoms with Crippen molar-refractivity contribution in [2.75, 3.05) is 0 Å². The van der Waals surface area contributed by atoms with Crippen molar-refractivity contribution in [3.05, 3.63) is 83.9 Å². The molecule has 0 atom stereocenters. The first-order valence-corrected chi connectivity index (χ1v) is 7.57. The highest BCUT2D eigenvalue weighted by Gasteiger charge is 2.29. The van der Waals surface area contributed by atoms with Gasteiger partial charge in [-0.25, -0.2) is 0 Å². The van der Waals surface area contributed by atoms with Gasteiger partial charge in [0, 0.05) is 11.1 Å². The Hall–Kier alpha value is -3.14. The van der Waals surface area contributed by atoms with Crippen LogP contribution in [0.25, 0.3) is 11.0 Å². The molecule has 1 aliphatic heterocycles. The molecule has 1 aromatic heterocycles. The third-order valence-electron chi connectivity index (χ3n) is 4.18. The standard InChI is InChI=1S/C19H13N3O/c1-5-11-17-13(7-1)19(14-8-2-6-12-18(14)23-17)22-20-15-9-3-4-10-16(15)21-22/h1-12,19H. The molecule has 1 aliphatic rings. The third-order valence-corrected chi connectivity index (χ3v) is 4.18. The summed E-state index contributed by atoms with van der Waals surface area (Å²) in [5, 5.41) is 9.37. The zero-order valence-electron chi connectivity index (χ0n) is 12.3. The summed E-state index contributed by atoms with van der Waals surface area (Å²) in [6.45, 7) is 0. The van der Waals surface area contributed by atoms with Crippen LogP contribution in [0, 0.1) is 0 Å². The van der Waals surface area contributed by atoms with E-state index in [9.17, 15) is 0 Å².